The fourth-order valence-electron chi connectivity index (χ4n) is 2.25. The molecule has 23 heavy (non-hydrogen) atoms. The number of benzene rings is 2. The predicted molar refractivity (Wildman–Crippen MR) is 105 cm³/mol. The Balaban J connectivity index is 1.96. The Hall–Kier alpha value is -1.67. The Bertz CT molecular complexity index is 881. The highest BCUT2D eigenvalue weighted by Gasteiger charge is 2.14. The van der Waals surface area contributed by atoms with E-state index in [9.17, 15) is 9.18 Å². The van der Waals surface area contributed by atoms with E-state index in [1.54, 1.807) is 20.0 Å². The van der Waals surface area contributed by atoms with Gasteiger partial charge in [0.25, 0.3) is 5.91 Å². The summed E-state index contributed by atoms with van der Waals surface area (Å²) in [5.74, 6) is -0.410. The molecular weight excluding hydrogens is 423 g/mol. The van der Waals surface area contributed by atoms with Crippen LogP contribution in [0.15, 0.2) is 53.9 Å². The van der Waals surface area contributed by atoms with E-state index < -0.39 is 0 Å². The van der Waals surface area contributed by atoms with Gasteiger partial charge in [-0.05, 0) is 51.7 Å². The second kappa shape index (κ2) is 6.84. The number of hydrogen-bond donors (Lipinski definition) is 1. The second-order valence-corrected chi connectivity index (χ2v) is 7.80. The van der Waals surface area contributed by atoms with Gasteiger partial charge in [-0.15, -0.1) is 11.3 Å². The van der Waals surface area contributed by atoms with Crippen molar-refractivity contribution < 1.29 is 9.18 Å². The topological polar surface area (TPSA) is 29.1 Å². The van der Waals surface area contributed by atoms with Gasteiger partial charge in [-0.25, -0.2) is 4.39 Å². The molecule has 0 atom stereocenters. The molecule has 0 aliphatic carbocycles. The van der Waals surface area contributed by atoms with Gasteiger partial charge in [-0.2, -0.15) is 0 Å². The first kappa shape index (κ1) is 16.2. The van der Waals surface area contributed by atoms with Crippen LogP contribution >= 0.6 is 33.9 Å². The van der Waals surface area contributed by atoms with E-state index in [0.29, 0.717) is 16.7 Å². The van der Waals surface area contributed by atoms with Crippen molar-refractivity contribution in [1.82, 2.24) is 0 Å². The van der Waals surface area contributed by atoms with Gasteiger partial charge < -0.3 is 5.32 Å². The Morgan fingerprint density at radius 1 is 1.17 bits per heavy atom. The molecule has 0 aliphatic rings. The van der Waals surface area contributed by atoms with Crippen LogP contribution in [-0.4, -0.2) is 13.8 Å². The minimum atomic E-state index is -0.254. The summed E-state index contributed by atoms with van der Waals surface area (Å²) in [7, 11) is 1.73. The molecule has 2 aromatic carbocycles. The molecule has 3 aromatic rings. The standard InChI is InChI=1S/C17H12BFINOS/c18-13-6-5-10(9-14(13)19)11-3-1-2-4-15(11)21-17(22)12-7-8-23-16(12)20/h1-9H,18H2,(H,21,22). The smallest absolute Gasteiger partial charge is 0.257 e. The van der Waals surface area contributed by atoms with Crippen LogP contribution in [0.3, 0.4) is 0 Å². The molecule has 114 valence electrons. The zero-order valence-corrected chi connectivity index (χ0v) is 15.2. The van der Waals surface area contributed by atoms with Crippen LogP contribution in [0.25, 0.3) is 11.1 Å². The number of thiophene rings is 1. The third-order valence-corrected chi connectivity index (χ3v) is 5.56. The van der Waals surface area contributed by atoms with Gasteiger partial charge in [-0.1, -0.05) is 35.8 Å². The largest absolute Gasteiger partial charge is 0.321 e. The lowest BCUT2D eigenvalue weighted by molar-refractivity contribution is 0.102. The maximum Gasteiger partial charge on any atom is 0.257 e. The molecule has 2 nitrogen and oxygen atoms in total. The number of nitrogens with one attached hydrogen (secondary N) is 1. The molecule has 1 N–H and O–H groups in total. The molecule has 0 saturated carbocycles. The van der Waals surface area contributed by atoms with Crippen LogP contribution in [-0.2, 0) is 0 Å². The molecule has 0 unspecified atom stereocenters. The Labute approximate surface area is 152 Å². The Morgan fingerprint density at radius 2 is 1.96 bits per heavy atom. The quantitative estimate of drug-likeness (QED) is 0.494. The van der Waals surface area contributed by atoms with E-state index in [1.165, 1.54) is 17.4 Å². The van der Waals surface area contributed by atoms with Crippen molar-refractivity contribution in [2.75, 3.05) is 5.32 Å². The molecule has 3 rings (SSSR count). The highest BCUT2D eigenvalue weighted by molar-refractivity contribution is 14.1. The van der Waals surface area contributed by atoms with Gasteiger partial charge in [0.15, 0.2) is 0 Å². The summed E-state index contributed by atoms with van der Waals surface area (Å²) in [5.41, 5.74) is 3.46. The maximum absolute atomic E-state index is 13.8. The maximum atomic E-state index is 13.8. The van der Waals surface area contributed by atoms with Crippen molar-refractivity contribution >= 4 is 58.8 Å². The number of carbonyl (C=O) groups excluding carboxylic acids is 1. The number of amides is 1. The summed E-state index contributed by atoms with van der Waals surface area (Å²) in [6.07, 6.45) is 0. The molecular formula is C17H12BFINOS. The summed E-state index contributed by atoms with van der Waals surface area (Å²) >= 11 is 3.67. The van der Waals surface area contributed by atoms with Crippen molar-refractivity contribution in [3.8, 4) is 11.1 Å². The lowest BCUT2D eigenvalue weighted by Crippen LogP contribution is -2.13. The summed E-state index contributed by atoms with van der Waals surface area (Å²) in [5, 5.41) is 4.81. The van der Waals surface area contributed by atoms with Gasteiger partial charge in [0.1, 0.15) is 13.7 Å². The molecule has 1 aromatic heterocycles. The first-order valence-electron chi connectivity index (χ1n) is 6.96. The van der Waals surface area contributed by atoms with Crippen molar-refractivity contribution in [2.24, 2.45) is 0 Å². The number of carbonyl (C=O) groups is 1. The minimum absolute atomic E-state index is 0.157. The van der Waals surface area contributed by atoms with E-state index in [2.05, 4.69) is 27.9 Å². The van der Waals surface area contributed by atoms with Crippen molar-refractivity contribution in [2.45, 2.75) is 0 Å². The van der Waals surface area contributed by atoms with Crippen LogP contribution in [0.1, 0.15) is 10.4 Å². The van der Waals surface area contributed by atoms with E-state index in [-0.39, 0.29) is 11.7 Å². The zero-order valence-electron chi connectivity index (χ0n) is 12.3. The monoisotopic (exact) mass is 435 g/mol. The average Bonchev–Trinajstić information content (AvgIpc) is 2.97. The molecule has 1 amide bonds. The zero-order chi connectivity index (χ0) is 16.4. The van der Waals surface area contributed by atoms with Crippen LogP contribution in [0, 0.1) is 8.70 Å². The molecule has 0 fully saturated rings. The SMILES string of the molecule is Bc1ccc(-c2ccccc2NC(=O)c2ccsc2I)cc1F. The fraction of sp³-hybridized carbons (Fsp3) is 0. The lowest BCUT2D eigenvalue weighted by atomic mass is 9.92. The van der Waals surface area contributed by atoms with E-state index >= 15 is 0 Å². The molecule has 0 radical (unpaired) electrons. The van der Waals surface area contributed by atoms with Crippen LogP contribution in [0.4, 0.5) is 10.1 Å². The van der Waals surface area contributed by atoms with E-state index in [4.69, 9.17) is 0 Å². The normalized spacial score (nSPS) is 10.5. The average molecular weight is 435 g/mol. The lowest BCUT2D eigenvalue weighted by Gasteiger charge is -2.12. The van der Waals surface area contributed by atoms with Crippen LogP contribution in [0.2, 0.25) is 0 Å². The Kier molecular flexibility index (Phi) is 4.82. The van der Waals surface area contributed by atoms with Crippen molar-refractivity contribution in [3.63, 3.8) is 0 Å². The van der Waals surface area contributed by atoms with E-state index in [1.807, 2.05) is 35.7 Å². The minimum Gasteiger partial charge on any atom is -0.321 e. The van der Waals surface area contributed by atoms with Crippen LogP contribution in [0.5, 0.6) is 0 Å². The van der Waals surface area contributed by atoms with E-state index in [0.717, 1.165) is 14.0 Å². The van der Waals surface area contributed by atoms with Gasteiger partial charge in [0.05, 0.1) is 8.45 Å². The Morgan fingerprint density at radius 3 is 2.65 bits per heavy atom. The summed E-state index contributed by atoms with van der Waals surface area (Å²) in [6, 6.07) is 14.3. The summed E-state index contributed by atoms with van der Waals surface area (Å²) in [6.45, 7) is 0. The number of hydrogen-bond acceptors (Lipinski definition) is 2. The first-order valence-corrected chi connectivity index (χ1v) is 8.92. The molecule has 0 bridgehead atoms. The third kappa shape index (κ3) is 3.48. The first-order chi connectivity index (χ1) is 11.1. The third-order valence-electron chi connectivity index (χ3n) is 3.52. The molecule has 0 saturated heterocycles. The number of halogens is 2. The molecule has 0 aliphatic heterocycles. The van der Waals surface area contributed by atoms with Crippen molar-refractivity contribution in [3.05, 3.63) is 68.2 Å². The molecule has 0 spiro atoms. The van der Waals surface area contributed by atoms with Crippen LogP contribution < -0.4 is 10.8 Å². The van der Waals surface area contributed by atoms with Gasteiger partial charge in [-0.3, -0.25) is 4.79 Å². The highest BCUT2D eigenvalue weighted by atomic mass is 127. The molecule has 1 heterocycles. The van der Waals surface area contributed by atoms with Gasteiger partial charge >= 0.3 is 0 Å². The summed E-state index contributed by atoms with van der Waals surface area (Å²) in [4.78, 5) is 12.4. The number of para-hydroxylation sites is 1. The van der Waals surface area contributed by atoms with Crippen molar-refractivity contribution in [1.29, 1.82) is 0 Å². The predicted octanol–water partition coefficient (Wildman–Crippen LogP) is 3.67. The summed E-state index contributed by atoms with van der Waals surface area (Å²) < 4.78 is 14.8. The number of anilines is 1. The van der Waals surface area contributed by atoms with Gasteiger partial charge in [0.2, 0.25) is 0 Å². The second-order valence-electron chi connectivity index (χ2n) is 5.07. The molecule has 6 heteroatoms. The van der Waals surface area contributed by atoms with Gasteiger partial charge in [0, 0.05) is 11.3 Å². The fourth-order valence-corrected chi connectivity index (χ4v) is 3.73. The highest BCUT2D eigenvalue weighted by Crippen LogP contribution is 2.29. The number of rotatable bonds is 3.